The van der Waals surface area contributed by atoms with Crippen molar-refractivity contribution in [3.8, 4) is 0 Å². The molecule has 1 unspecified atom stereocenters. The van der Waals surface area contributed by atoms with Crippen molar-refractivity contribution < 1.29 is 0 Å². The second-order valence-corrected chi connectivity index (χ2v) is 6.16. The minimum absolute atomic E-state index is 0.240. The number of thiophene rings is 1. The molecule has 0 aliphatic heterocycles. The smallest absolute Gasteiger partial charge is 0.224 e. The first kappa shape index (κ1) is 13.8. The minimum atomic E-state index is 0.240. The van der Waals surface area contributed by atoms with Crippen LogP contribution in [0, 0.1) is 20.8 Å². The van der Waals surface area contributed by atoms with Crippen LogP contribution in [-0.2, 0) is 0 Å². The summed E-state index contributed by atoms with van der Waals surface area (Å²) in [4.78, 5) is 11.4. The fraction of sp³-hybridized carbons (Fsp3) is 0.429. The fourth-order valence-electron chi connectivity index (χ4n) is 2.13. The Hall–Kier alpha value is -1.62. The van der Waals surface area contributed by atoms with E-state index < -0.39 is 0 Å². The summed E-state index contributed by atoms with van der Waals surface area (Å²) < 4.78 is 0. The van der Waals surface area contributed by atoms with Gasteiger partial charge >= 0.3 is 0 Å². The van der Waals surface area contributed by atoms with Crippen LogP contribution in [0.5, 0.6) is 0 Å². The SMILES string of the molecule is CNc1nc(C)cc(NC(C)c2cc(C)sc2C)n1. The summed E-state index contributed by atoms with van der Waals surface area (Å²) in [6, 6.07) is 4.44. The van der Waals surface area contributed by atoms with E-state index in [4.69, 9.17) is 0 Å². The third kappa shape index (κ3) is 3.23. The lowest BCUT2D eigenvalue weighted by atomic mass is 10.1. The molecular formula is C14H20N4S. The van der Waals surface area contributed by atoms with Gasteiger partial charge in [0.15, 0.2) is 0 Å². The van der Waals surface area contributed by atoms with E-state index in [0.717, 1.165) is 11.5 Å². The molecule has 0 aliphatic carbocycles. The number of aromatic nitrogens is 2. The average molecular weight is 276 g/mol. The lowest BCUT2D eigenvalue weighted by Crippen LogP contribution is -2.10. The van der Waals surface area contributed by atoms with Gasteiger partial charge in [-0.3, -0.25) is 0 Å². The number of anilines is 2. The van der Waals surface area contributed by atoms with Crippen LogP contribution in [0.25, 0.3) is 0 Å². The van der Waals surface area contributed by atoms with Crippen molar-refractivity contribution in [2.75, 3.05) is 17.7 Å². The fourth-order valence-corrected chi connectivity index (χ4v) is 3.16. The standard InChI is InChI=1S/C14H20N4S/c1-8-6-13(18-14(15-5)16-8)17-10(3)12-7-9(2)19-11(12)4/h6-7,10H,1-5H3,(H2,15,16,17,18). The molecule has 2 rings (SSSR count). The quantitative estimate of drug-likeness (QED) is 0.894. The molecule has 5 heteroatoms. The summed E-state index contributed by atoms with van der Waals surface area (Å²) in [6.45, 7) is 8.43. The molecule has 19 heavy (non-hydrogen) atoms. The second kappa shape index (κ2) is 5.57. The van der Waals surface area contributed by atoms with Gasteiger partial charge in [0.1, 0.15) is 5.82 Å². The molecule has 0 bridgehead atoms. The van der Waals surface area contributed by atoms with Crippen molar-refractivity contribution in [2.45, 2.75) is 33.7 Å². The Morgan fingerprint density at radius 2 is 1.89 bits per heavy atom. The average Bonchev–Trinajstić information content (AvgIpc) is 2.67. The zero-order valence-corrected chi connectivity index (χ0v) is 12.9. The topological polar surface area (TPSA) is 49.8 Å². The van der Waals surface area contributed by atoms with Crippen LogP contribution in [0.3, 0.4) is 0 Å². The van der Waals surface area contributed by atoms with Crippen molar-refractivity contribution in [1.29, 1.82) is 0 Å². The van der Waals surface area contributed by atoms with E-state index >= 15 is 0 Å². The predicted octanol–water partition coefficient (Wildman–Crippen LogP) is 3.68. The summed E-state index contributed by atoms with van der Waals surface area (Å²) in [5.74, 6) is 1.50. The summed E-state index contributed by atoms with van der Waals surface area (Å²) in [7, 11) is 1.83. The van der Waals surface area contributed by atoms with Crippen LogP contribution in [0.1, 0.15) is 34.0 Å². The van der Waals surface area contributed by atoms with Gasteiger partial charge < -0.3 is 10.6 Å². The van der Waals surface area contributed by atoms with Gasteiger partial charge in [0.05, 0.1) is 6.04 Å². The highest BCUT2D eigenvalue weighted by Gasteiger charge is 2.12. The molecule has 0 aromatic carbocycles. The van der Waals surface area contributed by atoms with Gasteiger partial charge in [0.25, 0.3) is 0 Å². The minimum Gasteiger partial charge on any atom is -0.363 e. The van der Waals surface area contributed by atoms with Gasteiger partial charge in [0.2, 0.25) is 5.95 Å². The van der Waals surface area contributed by atoms with Crippen LogP contribution in [0.2, 0.25) is 0 Å². The first-order valence-corrected chi connectivity index (χ1v) is 7.18. The van der Waals surface area contributed by atoms with E-state index in [0.29, 0.717) is 5.95 Å². The number of nitrogens with one attached hydrogen (secondary N) is 2. The third-order valence-electron chi connectivity index (χ3n) is 2.99. The highest BCUT2D eigenvalue weighted by molar-refractivity contribution is 7.12. The Bertz CT molecular complexity index is 577. The maximum atomic E-state index is 4.42. The first-order valence-electron chi connectivity index (χ1n) is 6.36. The van der Waals surface area contributed by atoms with E-state index in [1.165, 1.54) is 15.3 Å². The lowest BCUT2D eigenvalue weighted by Gasteiger charge is -2.15. The summed E-state index contributed by atoms with van der Waals surface area (Å²) >= 11 is 1.83. The first-order chi connectivity index (χ1) is 8.99. The molecule has 0 amide bonds. The molecule has 0 spiro atoms. The summed E-state index contributed by atoms with van der Waals surface area (Å²) in [5.41, 5.74) is 2.29. The van der Waals surface area contributed by atoms with E-state index in [2.05, 4.69) is 47.4 Å². The Balaban J connectivity index is 2.21. The normalized spacial score (nSPS) is 12.3. The molecular weight excluding hydrogens is 256 g/mol. The monoisotopic (exact) mass is 276 g/mol. The van der Waals surface area contributed by atoms with Crippen molar-refractivity contribution in [1.82, 2.24) is 9.97 Å². The zero-order valence-electron chi connectivity index (χ0n) is 12.0. The largest absolute Gasteiger partial charge is 0.363 e. The van der Waals surface area contributed by atoms with Gasteiger partial charge in [0, 0.05) is 28.6 Å². The number of hydrogen-bond acceptors (Lipinski definition) is 5. The van der Waals surface area contributed by atoms with Gasteiger partial charge in [-0.05, 0) is 39.3 Å². The second-order valence-electron chi connectivity index (χ2n) is 4.70. The molecule has 0 aliphatic rings. The molecule has 0 saturated carbocycles. The summed E-state index contributed by atoms with van der Waals surface area (Å²) in [6.07, 6.45) is 0. The molecule has 4 nitrogen and oxygen atoms in total. The Morgan fingerprint density at radius 3 is 2.47 bits per heavy atom. The van der Waals surface area contributed by atoms with Gasteiger partial charge in [-0.25, -0.2) is 4.98 Å². The number of nitrogens with zero attached hydrogens (tertiary/aromatic N) is 2. The number of rotatable bonds is 4. The highest BCUT2D eigenvalue weighted by atomic mass is 32.1. The maximum Gasteiger partial charge on any atom is 0.224 e. The van der Waals surface area contributed by atoms with Crippen LogP contribution in [-0.4, -0.2) is 17.0 Å². The van der Waals surface area contributed by atoms with Crippen LogP contribution >= 0.6 is 11.3 Å². The summed E-state index contributed by atoms with van der Waals surface area (Å²) in [5, 5.41) is 6.42. The maximum absolute atomic E-state index is 4.42. The van der Waals surface area contributed by atoms with Crippen molar-refractivity contribution in [3.05, 3.63) is 33.1 Å². The number of hydrogen-bond donors (Lipinski definition) is 2. The van der Waals surface area contributed by atoms with E-state index in [1.54, 1.807) is 0 Å². The van der Waals surface area contributed by atoms with Crippen molar-refractivity contribution in [2.24, 2.45) is 0 Å². The molecule has 0 fully saturated rings. The van der Waals surface area contributed by atoms with Crippen molar-refractivity contribution >= 4 is 23.1 Å². The van der Waals surface area contributed by atoms with Crippen LogP contribution in [0.15, 0.2) is 12.1 Å². The van der Waals surface area contributed by atoms with E-state index in [9.17, 15) is 0 Å². The van der Waals surface area contributed by atoms with Crippen LogP contribution in [0.4, 0.5) is 11.8 Å². The van der Waals surface area contributed by atoms with Gasteiger partial charge in [-0.1, -0.05) is 0 Å². The molecule has 2 aromatic rings. The van der Waals surface area contributed by atoms with E-state index in [1.807, 2.05) is 31.4 Å². The number of aryl methyl sites for hydroxylation is 3. The Labute approximate surface area is 118 Å². The van der Waals surface area contributed by atoms with E-state index in [-0.39, 0.29) is 6.04 Å². The molecule has 2 aromatic heterocycles. The highest BCUT2D eigenvalue weighted by Crippen LogP contribution is 2.28. The molecule has 2 heterocycles. The van der Waals surface area contributed by atoms with Crippen LogP contribution < -0.4 is 10.6 Å². The molecule has 0 saturated heterocycles. The van der Waals surface area contributed by atoms with Gasteiger partial charge in [-0.15, -0.1) is 11.3 Å². The zero-order chi connectivity index (χ0) is 14.0. The Kier molecular flexibility index (Phi) is 4.04. The molecule has 0 radical (unpaired) electrons. The third-order valence-corrected chi connectivity index (χ3v) is 3.97. The molecule has 102 valence electrons. The molecule has 2 N–H and O–H groups in total. The van der Waals surface area contributed by atoms with Crippen molar-refractivity contribution in [3.63, 3.8) is 0 Å². The van der Waals surface area contributed by atoms with Gasteiger partial charge in [-0.2, -0.15) is 4.98 Å². The molecule has 1 atom stereocenters. The predicted molar refractivity (Wildman–Crippen MR) is 82.1 cm³/mol. The Morgan fingerprint density at radius 1 is 1.16 bits per heavy atom. The lowest BCUT2D eigenvalue weighted by molar-refractivity contribution is 0.868.